The highest BCUT2D eigenvalue weighted by molar-refractivity contribution is 6.33. The highest BCUT2D eigenvalue weighted by Gasteiger charge is 2.18. The van der Waals surface area contributed by atoms with Gasteiger partial charge in [0.05, 0.1) is 10.4 Å². The van der Waals surface area contributed by atoms with Crippen molar-refractivity contribution < 1.29 is 23.9 Å². The van der Waals surface area contributed by atoms with Crippen molar-refractivity contribution in [3.05, 3.63) is 70.2 Å². The van der Waals surface area contributed by atoms with Crippen molar-refractivity contribution >= 4 is 40.1 Å². The number of nitrogens with zero attached hydrogens (tertiary/aromatic N) is 1. The molecule has 0 spiro atoms. The van der Waals surface area contributed by atoms with Crippen LogP contribution >= 0.6 is 23.2 Å². The Morgan fingerprint density at radius 2 is 1.81 bits per heavy atom. The molecule has 0 fully saturated rings. The van der Waals surface area contributed by atoms with Gasteiger partial charge in [-0.1, -0.05) is 41.7 Å². The fourth-order valence-corrected chi connectivity index (χ4v) is 3.70. The van der Waals surface area contributed by atoms with Gasteiger partial charge in [-0.25, -0.2) is 4.79 Å². The monoisotopic (exact) mass is 471 g/mol. The van der Waals surface area contributed by atoms with Crippen LogP contribution in [-0.2, 0) is 11.2 Å². The molecule has 32 heavy (non-hydrogen) atoms. The quantitative estimate of drug-likeness (QED) is 0.297. The number of halogens is 2. The molecule has 4 aromatic rings. The molecule has 0 radical (unpaired) electrons. The number of carboxylic acids is 1. The van der Waals surface area contributed by atoms with Crippen LogP contribution in [0.1, 0.15) is 18.9 Å². The number of carbonyl (C=O) groups is 1. The lowest BCUT2D eigenvalue weighted by atomic mass is 9.98. The number of aryl methyl sites for hydroxylation is 1. The van der Waals surface area contributed by atoms with Crippen LogP contribution in [0, 0.1) is 0 Å². The van der Waals surface area contributed by atoms with Gasteiger partial charge in [0.1, 0.15) is 22.9 Å². The SMILES string of the molecule is CCCc1cc(Oc2ccc(Cl)cc2)ccc1-c1noc2cc(Cl)c(OCC(=O)O)cc12. The molecule has 8 heteroatoms. The third-order valence-corrected chi connectivity index (χ3v) is 5.32. The molecule has 0 saturated heterocycles. The summed E-state index contributed by atoms with van der Waals surface area (Å²) >= 11 is 12.1. The summed E-state index contributed by atoms with van der Waals surface area (Å²) in [5.74, 6) is 0.547. The van der Waals surface area contributed by atoms with E-state index in [1.165, 1.54) is 0 Å². The lowest BCUT2D eigenvalue weighted by Crippen LogP contribution is -2.09. The normalized spacial score (nSPS) is 11.0. The van der Waals surface area contributed by atoms with Gasteiger partial charge in [-0.2, -0.15) is 0 Å². The van der Waals surface area contributed by atoms with E-state index < -0.39 is 12.6 Å². The number of ether oxygens (including phenoxy) is 2. The van der Waals surface area contributed by atoms with E-state index in [4.69, 9.17) is 42.3 Å². The maximum absolute atomic E-state index is 10.9. The summed E-state index contributed by atoms with van der Waals surface area (Å²) in [5.41, 5.74) is 3.03. The molecule has 0 aliphatic carbocycles. The predicted molar refractivity (Wildman–Crippen MR) is 123 cm³/mol. The van der Waals surface area contributed by atoms with Crippen molar-refractivity contribution in [1.82, 2.24) is 5.16 Å². The number of carboxylic acid groups (broad SMARTS) is 1. The summed E-state index contributed by atoms with van der Waals surface area (Å²) in [5, 5.41) is 14.7. The first kappa shape index (κ1) is 22.0. The van der Waals surface area contributed by atoms with Crippen molar-refractivity contribution in [1.29, 1.82) is 0 Å². The Morgan fingerprint density at radius 3 is 2.53 bits per heavy atom. The Balaban J connectivity index is 1.72. The lowest BCUT2D eigenvalue weighted by Gasteiger charge is -2.12. The van der Waals surface area contributed by atoms with Gasteiger partial charge in [0, 0.05) is 16.7 Å². The summed E-state index contributed by atoms with van der Waals surface area (Å²) in [6.07, 6.45) is 1.73. The molecule has 1 N–H and O–H groups in total. The standard InChI is InChI=1S/C24H19Cl2NO5/c1-2-3-14-10-17(31-16-6-4-15(25)5-7-16)8-9-18(14)24-19-11-22(30-13-23(28)29)20(26)12-21(19)32-27-24/h4-12H,2-3,13H2,1H3,(H,28,29). The number of hydrogen-bond donors (Lipinski definition) is 1. The fraction of sp³-hybridized carbons (Fsp3) is 0.167. The zero-order valence-corrected chi connectivity index (χ0v) is 18.6. The number of rotatable bonds is 8. The van der Waals surface area contributed by atoms with Gasteiger partial charge in [0.2, 0.25) is 0 Å². The molecule has 6 nitrogen and oxygen atoms in total. The molecule has 0 bridgehead atoms. The van der Waals surface area contributed by atoms with Gasteiger partial charge >= 0.3 is 5.97 Å². The molecule has 0 aliphatic heterocycles. The van der Waals surface area contributed by atoms with Crippen LogP contribution in [-0.4, -0.2) is 22.8 Å². The molecule has 0 saturated carbocycles. The average molecular weight is 472 g/mol. The van der Waals surface area contributed by atoms with Crippen molar-refractivity contribution in [2.24, 2.45) is 0 Å². The number of aliphatic carboxylic acids is 1. The first-order valence-electron chi connectivity index (χ1n) is 9.95. The Labute approximate surface area is 194 Å². The average Bonchev–Trinajstić information content (AvgIpc) is 3.16. The summed E-state index contributed by atoms with van der Waals surface area (Å²) in [7, 11) is 0. The summed E-state index contributed by atoms with van der Waals surface area (Å²) in [6, 6.07) is 16.2. The van der Waals surface area contributed by atoms with Gasteiger partial charge in [-0.05, 0) is 60.5 Å². The van der Waals surface area contributed by atoms with Crippen LogP contribution in [0.3, 0.4) is 0 Å². The minimum atomic E-state index is -1.09. The number of aromatic nitrogens is 1. The Morgan fingerprint density at radius 1 is 1.06 bits per heavy atom. The number of fused-ring (bicyclic) bond motifs is 1. The third-order valence-electron chi connectivity index (χ3n) is 4.78. The molecule has 0 amide bonds. The van der Waals surface area contributed by atoms with E-state index >= 15 is 0 Å². The summed E-state index contributed by atoms with van der Waals surface area (Å²) in [4.78, 5) is 10.9. The zero-order chi connectivity index (χ0) is 22.7. The lowest BCUT2D eigenvalue weighted by molar-refractivity contribution is -0.139. The zero-order valence-electron chi connectivity index (χ0n) is 17.1. The molecule has 164 valence electrons. The van der Waals surface area contributed by atoms with E-state index in [2.05, 4.69) is 12.1 Å². The Bertz CT molecular complexity index is 1270. The van der Waals surface area contributed by atoms with Crippen LogP contribution in [0.15, 0.2) is 59.1 Å². The molecule has 0 aliphatic rings. The van der Waals surface area contributed by atoms with Crippen molar-refractivity contribution in [3.63, 3.8) is 0 Å². The molecule has 0 unspecified atom stereocenters. The first-order valence-corrected chi connectivity index (χ1v) is 10.7. The van der Waals surface area contributed by atoms with E-state index in [0.29, 0.717) is 33.2 Å². The second kappa shape index (κ2) is 9.51. The number of benzene rings is 3. The predicted octanol–water partition coefficient (Wildman–Crippen LogP) is 7.01. The molecular formula is C24H19Cl2NO5. The van der Waals surface area contributed by atoms with Gasteiger partial charge in [-0.3, -0.25) is 0 Å². The summed E-state index contributed by atoms with van der Waals surface area (Å²) < 4.78 is 16.8. The smallest absolute Gasteiger partial charge is 0.341 e. The largest absolute Gasteiger partial charge is 0.480 e. The molecule has 0 atom stereocenters. The first-order chi connectivity index (χ1) is 15.4. The second-order valence-corrected chi connectivity index (χ2v) is 7.96. The molecule has 3 aromatic carbocycles. The second-order valence-electron chi connectivity index (χ2n) is 7.12. The van der Waals surface area contributed by atoms with E-state index in [0.717, 1.165) is 24.0 Å². The molecule has 4 rings (SSSR count). The third kappa shape index (κ3) is 4.82. The van der Waals surface area contributed by atoms with Crippen LogP contribution in [0.5, 0.6) is 17.2 Å². The molecule has 1 heterocycles. The molecular weight excluding hydrogens is 453 g/mol. The fourth-order valence-electron chi connectivity index (χ4n) is 3.36. The van der Waals surface area contributed by atoms with Crippen molar-refractivity contribution in [2.75, 3.05) is 6.61 Å². The van der Waals surface area contributed by atoms with E-state index in [1.807, 2.05) is 30.3 Å². The van der Waals surface area contributed by atoms with Crippen LogP contribution in [0.4, 0.5) is 0 Å². The maximum Gasteiger partial charge on any atom is 0.341 e. The highest BCUT2D eigenvalue weighted by Crippen LogP contribution is 2.38. The van der Waals surface area contributed by atoms with Crippen molar-refractivity contribution in [2.45, 2.75) is 19.8 Å². The van der Waals surface area contributed by atoms with Crippen LogP contribution in [0.2, 0.25) is 10.0 Å². The van der Waals surface area contributed by atoms with Gasteiger partial charge in [0.15, 0.2) is 12.2 Å². The Kier molecular flexibility index (Phi) is 6.53. The maximum atomic E-state index is 10.9. The van der Waals surface area contributed by atoms with Crippen LogP contribution in [0.25, 0.3) is 22.2 Å². The van der Waals surface area contributed by atoms with E-state index in [9.17, 15) is 4.79 Å². The topological polar surface area (TPSA) is 81.8 Å². The van der Waals surface area contributed by atoms with E-state index in [-0.39, 0.29) is 10.8 Å². The van der Waals surface area contributed by atoms with Gasteiger partial charge in [0.25, 0.3) is 0 Å². The van der Waals surface area contributed by atoms with Gasteiger partial charge in [-0.15, -0.1) is 0 Å². The van der Waals surface area contributed by atoms with Gasteiger partial charge < -0.3 is 19.1 Å². The van der Waals surface area contributed by atoms with E-state index in [1.54, 1.807) is 24.3 Å². The summed E-state index contributed by atoms with van der Waals surface area (Å²) in [6.45, 7) is 1.60. The van der Waals surface area contributed by atoms with Crippen LogP contribution < -0.4 is 9.47 Å². The minimum Gasteiger partial charge on any atom is -0.480 e. The number of hydrogen-bond acceptors (Lipinski definition) is 5. The Hall–Kier alpha value is -3.22. The molecule has 1 aromatic heterocycles. The van der Waals surface area contributed by atoms with Crippen molar-refractivity contribution in [3.8, 4) is 28.5 Å². The minimum absolute atomic E-state index is 0.252. The highest BCUT2D eigenvalue weighted by atomic mass is 35.5.